The monoisotopic (exact) mass is 537 g/mol. The second-order valence-corrected chi connectivity index (χ2v) is 10.8. The molecule has 6 nitrogen and oxygen atoms in total. The first-order chi connectivity index (χ1) is 18.6. The molecule has 38 heavy (non-hydrogen) atoms. The van der Waals surface area contributed by atoms with Crippen LogP contribution in [0.3, 0.4) is 0 Å². The first-order valence-electron chi connectivity index (χ1n) is 14.2. The minimum Gasteiger partial charge on any atom is -0.494 e. The number of unbranched alkanes of at least 4 members (excludes halogenated alkanes) is 8. The fourth-order valence-corrected chi connectivity index (χ4v) is 4.90. The third kappa shape index (κ3) is 10.4. The van der Waals surface area contributed by atoms with Gasteiger partial charge in [0.1, 0.15) is 16.5 Å². The maximum absolute atomic E-state index is 12.7. The molecule has 0 aliphatic carbocycles. The lowest BCUT2D eigenvalue weighted by atomic mass is 10.1. The molecule has 3 rings (SSSR count). The van der Waals surface area contributed by atoms with E-state index in [0.717, 1.165) is 41.5 Å². The van der Waals surface area contributed by atoms with Crippen molar-refractivity contribution < 1.29 is 14.3 Å². The number of amides is 1. The number of ether oxygens (including phenoxy) is 2. The Balaban J connectivity index is 1.43. The Bertz CT molecular complexity index is 1070. The van der Waals surface area contributed by atoms with E-state index >= 15 is 0 Å². The third-order valence-electron chi connectivity index (χ3n) is 6.43. The van der Waals surface area contributed by atoms with Crippen molar-refractivity contribution in [1.29, 1.82) is 0 Å². The molecule has 0 spiro atoms. The average molecular weight is 538 g/mol. The number of hydrogen-bond donors (Lipinski definition) is 1. The van der Waals surface area contributed by atoms with Gasteiger partial charge in [0.2, 0.25) is 5.13 Å². The predicted molar refractivity (Wildman–Crippen MR) is 157 cm³/mol. The van der Waals surface area contributed by atoms with Crippen LogP contribution in [-0.4, -0.2) is 28.8 Å². The van der Waals surface area contributed by atoms with E-state index in [0.29, 0.717) is 10.7 Å². The number of rotatable bonds is 18. The molecule has 0 radical (unpaired) electrons. The first-order valence-corrected chi connectivity index (χ1v) is 15.1. The minimum atomic E-state index is -0.217. The first kappa shape index (κ1) is 29.6. The van der Waals surface area contributed by atoms with E-state index in [1.807, 2.05) is 36.4 Å². The van der Waals surface area contributed by atoms with E-state index < -0.39 is 0 Å². The van der Waals surface area contributed by atoms with Crippen LogP contribution in [0.25, 0.3) is 10.6 Å². The van der Waals surface area contributed by atoms with Gasteiger partial charge in [-0.25, -0.2) is 0 Å². The molecular formula is C31H43N3O3S. The number of carbonyl (C=O) groups excluding carboxylic acids is 1. The second kappa shape index (κ2) is 16.8. The Morgan fingerprint density at radius 2 is 1.45 bits per heavy atom. The van der Waals surface area contributed by atoms with Crippen molar-refractivity contribution in [2.45, 2.75) is 97.5 Å². The standard InChI is InChI=1S/C31H43N3O3S/c1-4-6-8-10-11-13-23-36-27-19-17-26(18-20-27)30-33-34-31(38-30)32-29(35)25-15-21-28(22-16-25)37-24(3)14-12-9-7-5-2/h15-22,24H,4-14,23H2,1-3H3,(H,32,34,35)/t24-/m0/s1. The molecule has 0 saturated heterocycles. The fourth-order valence-electron chi connectivity index (χ4n) is 4.16. The molecular weight excluding hydrogens is 494 g/mol. The smallest absolute Gasteiger partial charge is 0.257 e. The molecule has 206 valence electrons. The molecule has 1 heterocycles. The summed E-state index contributed by atoms with van der Waals surface area (Å²) in [5.41, 5.74) is 1.50. The van der Waals surface area contributed by atoms with Crippen molar-refractivity contribution in [3.63, 3.8) is 0 Å². The Morgan fingerprint density at radius 3 is 2.16 bits per heavy atom. The zero-order chi connectivity index (χ0) is 27.0. The summed E-state index contributed by atoms with van der Waals surface area (Å²) in [5.74, 6) is 1.42. The van der Waals surface area contributed by atoms with Crippen LogP contribution >= 0.6 is 11.3 Å². The molecule has 1 amide bonds. The molecule has 0 saturated carbocycles. The number of aromatic nitrogens is 2. The summed E-state index contributed by atoms with van der Waals surface area (Å²) in [4.78, 5) is 12.7. The molecule has 0 aliphatic heterocycles. The van der Waals surface area contributed by atoms with Crippen LogP contribution in [0.4, 0.5) is 5.13 Å². The summed E-state index contributed by atoms with van der Waals surface area (Å²) >= 11 is 1.35. The van der Waals surface area contributed by atoms with Crippen molar-refractivity contribution in [2.75, 3.05) is 11.9 Å². The number of hydrogen-bond acceptors (Lipinski definition) is 6. The van der Waals surface area contributed by atoms with Gasteiger partial charge in [-0.2, -0.15) is 0 Å². The van der Waals surface area contributed by atoms with E-state index in [9.17, 15) is 4.79 Å². The lowest BCUT2D eigenvalue weighted by Gasteiger charge is -2.14. The summed E-state index contributed by atoms with van der Waals surface area (Å²) in [6.07, 6.45) is 13.6. The highest BCUT2D eigenvalue weighted by Gasteiger charge is 2.12. The highest BCUT2D eigenvalue weighted by Crippen LogP contribution is 2.28. The predicted octanol–water partition coefficient (Wildman–Crippen LogP) is 8.93. The van der Waals surface area contributed by atoms with E-state index in [1.165, 1.54) is 69.1 Å². The molecule has 0 unspecified atom stereocenters. The van der Waals surface area contributed by atoms with Crippen molar-refractivity contribution in [3.8, 4) is 22.1 Å². The highest BCUT2D eigenvalue weighted by atomic mass is 32.1. The number of anilines is 1. The zero-order valence-electron chi connectivity index (χ0n) is 23.2. The van der Waals surface area contributed by atoms with Crippen LogP contribution in [0.5, 0.6) is 11.5 Å². The van der Waals surface area contributed by atoms with Crippen molar-refractivity contribution >= 4 is 22.4 Å². The fraction of sp³-hybridized carbons (Fsp3) is 0.516. The van der Waals surface area contributed by atoms with Crippen LogP contribution < -0.4 is 14.8 Å². The molecule has 0 fully saturated rings. The molecule has 1 aromatic heterocycles. The Kier molecular flexibility index (Phi) is 13.1. The lowest BCUT2D eigenvalue weighted by Crippen LogP contribution is -2.13. The van der Waals surface area contributed by atoms with Gasteiger partial charge in [-0.3, -0.25) is 10.1 Å². The van der Waals surface area contributed by atoms with E-state index in [2.05, 4.69) is 36.3 Å². The lowest BCUT2D eigenvalue weighted by molar-refractivity contribution is 0.102. The van der Waals surface area contributed by atoms with Crippen molar-refractivity contribution in [3.05, 3.63) is 54.1 Å². The molecule has 0 aliphatic rings. The van der Waals surface area contributed by atoms with Gasteiger partial charge >= 0.3 is 0 Å². The number of carbonyl (C=O) groups is 1. The minimum absolute atomic E-state index is 0.160. The number of benzene rings is 2. The van der Waals surface area contributed by atoms with Crippen LogP contribution in [0.15, 0.2) is 48.5 Å². The number of nitrogens with zero attached hydrogens (tertiary/aromatic N) is 2. The Hall–Kier alpha value is -2.93. The summed E-state index contributed by atoms with van der Waals surface area (Å²) in [5, 5.41) is 12.5. The molecule has 3 aromatic rings. The number of nitrogens with one attached hydrogen (secondary N) is 1. The van der Waals surface area contributed by atoms with Gasteiger partial charge in [0.25, 0.3) is 5.91 Å². The molecule has 7 heteroatoms. The molecule has 1 atom stereocenters. The van der Waals surface area contributed by atoms with Gasteiger partial charge in [-0.05, 0) is 74.7 Å². The van der Waals surface area contributed by atoms with E-state index in [1.54, 1.807) is 12.1 Å². The molecule has 2 aromatic carbocycles. The van der Waals surface area contributed by atoms with Crippen molar-refractivity contribution in [2.24, 2.45) is 0 Å². The van der Waals surface area contributed by atoms with Crippen LogP contribution in [-0.2, 0) is 0 Å². The maximum Gasteiger partial charge on any atom is 0.257 e. The third-order valence-corrected chi connectivity index (χ3v) is 7.32. The van der Waals surface area contributed by atoms with Gasteiger partial charge in [-0.1, -0.05) is 76.6 Å². The van der Waals surface area contributed by atoms with E-state index in [4.69, 9.17) is 9.47 Å². The summed E-state index contributed by atoms with van der Waals surface area (Å²) in [6.45, 7) is 7.29. The summed E-state index contributed by atoms with van der Waals surface area (Å²) in [7, 11) is 0. The van der Waals surface area contributed by atoms with Gasteiger partial charge in [0.05, 0.1) is 12.7 Å². The van der Waals surface area contributed by atoms with Crippen LogP contribution in [0.1, 0.15) is 102 Å². The van der Waals surface area contributed by atoms with Gasteiger partial charge in [0.15, 0.2) is 0 Å². The summed E-state index contributed by atoms with van der Waals surface area (Å²) < 4.78 is 11.9. The normalized spacial score (nSPS) is 11.8. The molecule has 0 bridgehead atoms. The quantitative estimate of drug-likeness (QED) is 0.164. The van der Waals surface area contributed by atoms with E-state index in [-0.39, 0.29) is 12.0 Å². The second-order valence-electron chi connectivity index (χ2n) is 9.81. The van der Waals surface area contributed by atoms with Gasteiger partial charge < -0.3 is 9.47 Å². The topological polar surface area (TPSA) is 73.3 Å². The summed E-state index contributed by atoms with van der Waals surface area (Å²) in [6, 6.07) is 15.1. The zero-order valence-corrected chi connectivity index (χ0v) is 24.0. The highest BCUT2D eigenvalue weighted by molar-refractivity contribution is 7.18. The average Bonchev–Trinajstić information content (AvgIpc) is 3.40. The maximum atomic E-state index is 12.7. The van der Waals surface area contributed by atoms with Gasteiger partial charge in [-0.15, -0.1) is 10.2 Å². The molecule has 1 N–H and O–H groups in total. The van der Waals surface area contributed by atoms with Gasteiger partial charge in [0, 0.05) is 11.1 Å². The SMILES string of the molecule is CCCCCCCCOc1ccc(-c2nnc(NC(=O)c3ccc(O[C@@H](C)CCCCCC)cc3)s2)cc1. The van der Waals surface area contributed by atoms with Crippen molar-refractivity contribution in [1.82, 2.24) is 10.2 Å². The Morgan fingerprint density at radius 1 is 0.816 bits per heavy atom. The Labute approximate surface area is 232 Å². The van der Waals surface area contributed by atoms with Crippen LogP contribution in [0, 0.1) is 0 Å². The van der Waals surface area contributed by atoms with Crippen LogP contribution in [0.2, 0.25) is 0 Å². The largest absolute Gasteiger partial charge is 0.494 e.